The smallest absolute Gasteiger partial charge is 0.328 e. The van der Waals surface area contributed by atoms with Gasteiger partial charge in [-0.25, -0.2) is 4.79 Å². The van der Waals surface area contributed by atoms with Gasteiger partial charge in [0, 0.05) is 71.3 Å². The van der Waals surface area contributed by atoms with Crippen LogP contribution in [0.15, 0.2) is 40.4 Å². The Balaban J connectivity index is 1.44. The van der Waals surface area contributed by atoms with E-state index in [1.165, 1.54) is 19.3 Å². The first-order chi connectivity index (χ1) is 17.9. The Morgan fingerprint density at radius 1 is 1.03 bits per heavy atom. The predicted octanol–water partition coefficient (Wildman–Crippen LogP) is 2.16. The molecule has 1 unspecified atom stereocenters. The van der Waals surface area contributed by atoms with E-state index in [2.05, 4.69) is 21.8 Å². The highest BCUT2D eigenvalue weighted by Gasteiger charge is 2.36. The highest BCUT2D eigenvalue weighted by Crippen LogP contribution is 2.41. The lowest BCUT2D eigenvalue weighted by Gasteiger charge is -2.32. The Morgan fingerprint density at radius 3 is 2.54 bits per heavy atom. The van der Waals surface area contributed by atoms with Crippen LogP contribution in [0, 0.1) is 11.8 Å². The molecule has 0 radical (unpaired) electrons. The molecule has 9 nitrogen and oxygen atoms in total. The van der Waals surface area contributed by atoms with Crippen molar-refractivity contribution in [2.45, 2.75) is 25.8 Å². The third-order valence-corrected chi connectivity index (χ3v) is 8.49. The quantitative estimate of drug-likeness (QED) is 0.578. The zero-order chi connectivity index (χ0) is 25.7. The van der Waals surface area contributed by atoms with Gasteiger partial charge in [-0.15, -0.1) is 0 Å². The average molecular weight is 505 g/mol. The molecule has 1 amide bonds. The summed E-state index contributed by atoms with van der Waals surface area (Å²) >= 11 is 0. The largest absolute Gasteiger partial charge is 0.490 e. The summed E-state index contributed by atoms with van der Waals surface area (Å²) in [7, 11) is 5.75. The number of aliphatic imine (C=N–C) groups is 1. The fourth-order valence-electron chi connectivity index (χ4n) is 5.81. The molecule has 0 spiro atoms. The molecule has 37 heavy (non-hydrogen) atoms. The number of allylic oxidation sites excluding steroid dienone is 2. The molecule has 2 fully saturated rings. The van der Waals surface area contributed by atoms with Gasteiger partial charge in [0.05, 0.1) is 18.0 Å². The molecule has 1 saturated heterocycles. The fourth-order valence-corrected chi connectivity index (χ4v) is 5.81. The maximum absolute atomic E-state index is 13.5. The summed E-state index contributed by atoms with van der Waals surface area (Å²) in [5.74, 6) is 1.00. The molecule has 1 aromatic heterocycles. The number of hydrogen-bond donors (Lipinski definition) is 0. The van der Waals surface area contributed by atoms with Crippen molar-refractivity contribution in [2.24, 2.45) is 23.9 Å². The number of rotatable bonds is 7. The molecule has 0 bridgehead atoms. The van der Waals surface area contributed by atoms with Crippen molar-refractivity contribution in [3.63, 3.8) is 0 Å². The van der Waals surface area contributed by atoms with Crippen LogP contribution >= 0.6 is 0 Å². The molecule has 1 saturated carbocycles. The highest BCUT2D eigenvalue weighted by molar-refractivity contribution is 6.44. The second-order valence-electron chi connectivity index (χ2n) is 10.9. The topological polar surface area (TPSA) is 75.3 Å². The number of nitrogens with zero attached hydrogens (tertiary/aromatic N) is 6. The number of aromatic nitrogens is 2. The van der Waals surface area contributed by atoms with Gasteiger partial charge in [0.25, 0.3) is 5.91 Å². The van der Waals surface area contributed by atoms with Crippen LogP contribution in [0.25, 0.3) is 16.6 Å². The molecular formula is C28H36N6O3. The van der Waals surface area contributed by atoms with Gasteiger partial charge in [0.2, 0.25) is 0 Å². The van der Waals surface area contributed by atoms with Gasteiger partial charge >= 0.3 is 5.69 Å². The molecule has 1 aromatic carbocycles. The van der Waals surface area contributed by atoms with Crippen molar-refractivity contribution >= 4 is 28.2 Å². The molecule has 196 valence electrons. The number of imidazole rings is 1. The van der Waals surface area contributed by atoms with E-state index in [1.54, 1.807) is 22.7 Å². The van der Waals surface area contributed by atoms with Crippen LogP contribution in [0.4, 0.5) is 0 Å². The van der Waals surface area contributed by atoms with Gasteiger partial charge in [0.15, 0.2) is 5.75 Å². The van der Waals surface area contributed by atoms with Crippen LogP contribution in [0.2, 0.25) is 0 Å². The molecule has 1 atom stereocenters. The lowest BCUT2D eigenvalue weighted by Crippen LogP contribution is -2.45. The zero-order valence-electron chi connectivity index (χ0n) is 22.0. The molecule has 3 aliphatic heterocycles. The molecule has 4 aliphatic rings. The predicted molar refractivity (Wildman–Crippen MR) is 145 cm³/mol. The monoisotopic (exact) mass is 504 g/mol. The molecule has 6 rings (SSSR count). The Kier molecular flexibility index (Phi) is 6.28. The molecular weight excluding hydrogens is 468 g/mol. The van der Waals surface area contributed by atoms with Crippen molar-refractivity contribution < 1.29 is 9.53 Å². The number of carbonyl (C=O) groups is 1. The summed E-state index contributed by atoms with van der Waals surface area (Å²) in [5.41, 5.74) is 4.12. The standard InChI is InChI=1S/C28H36N6O3/c1-30-11-13-33(14-12-30)15-16-34-25-23(32(3)28(34)36)8-7-21(26(25)37-18-19-5-4-6-19)22-17-31(2)27(35)24-20(22)9-10-29-24/h7-10,17,19-20H,4-6,11-16,18H2,1-3H3. The van der Waals surface area contributed by atoms with Crippen molar-refractivity contribution in [2.75, 3.05) is 53.4 Å². The fraction of sp³-hybridized carbons (Fsp3) is 0.536. The number of likely N-dealkylation sites (N-methyl/N-ethyl adjacent to an activating group) is 1. The van der Waals surface area contributed by atoms with Crippen LogP contribution in [0.3, 0.4) is 0 Å². The number of fused-ring (bicyclic) bond motifs is 2. The van der Waals surface area contributed by atoms with Gasteiger partial charge < -0.3 is 14.5 Å². The number of hydrogen-bond acceptors (Lipinski definition) is 6. The van der Waals surface area contributed by atoms with E-state index in [4.69, 9.17) is 4.74 Å². The first kappa shape index (κ1) is 24.2. The van der Waals surface area contributed by atoms with Gasteiger partial charge in [0.1, 0.15) is 11.2 Å². The molecule has 2 aromatic rings. The number of amides is 1. The summed E-state index contributed by atoms with van der Waals surface area (Å²) in [6.45, 7) is 6.17. The van der Waals surface area contributed by atoms with E-state index < -0.39 is 0 Å². The van der Waals surface area contributed by atoms with E-state index in [0.717, 1.165) is 60.6 Å². The summed E-state index contributed by atoms with van der Waals surface area (Å²) < 4.78 is 10.3. The summed E-state index contributed by atoms with van der Waals surface area (Å²) in [6.07, 6.45) is 9.19. The van der Waals surface area contributed by atoms with E-state index in [0.29, 0.717) is 24.8 Å². The second-order valence-corrected chi connectivity index (χ2v) is 10.9. The maximum atomic E-state index is 13.5. The third kappa shape index (κ3) is 4.24. The minimum atomic E-state index is -0.207. The third-order valence-electron chi connectivity index (χ3n) is 8.49. The Labute approximate surface area is 217 Å². The summed E-state index contributed by atoms with van der Waals surface area (Å²) in [4.78, 5) is 36.9. The number of carbonyl (C=O) groups excluding carboxylic acids is 1. The van der Waals surface area contributed by atoms with Crippen LogP contribution in [-0.4, -0.2) is 88.9 Å². The summed E-state index contributed by atoms with van der Waals surface area (Å²) in [5, 5.41) is 0. The Hall–Kier alpha value is -3.17. The van der Waals surface area contributed by atoms with Crippen molar-refractivity contribution in [3.05, 3.63) is 46.7 Å². The van der Waals surface area contributed by atoms with Crippen molar-refractivity contribution in [3.8, 4) is 5.75 Å². The number of piperazine rings is 1. The average Bonchev–Trinajstić information content (AvgIpc) is 3.45. The Morgan fingerprint density at radius 2 is 1.81 bits per heavy atom. The maximum Gasteiger partial charge on any atom is 0.328 e. The lowest BCUT2D eigenvalue weighted by atomic mass is 9.85. The molecule has 9 heteroatoms. The minimum absolute atomic E-state index is 0.0253. The van der Waals surface area contributed by atoms with Crippen molar-refractivity contribution in [1.29, 1.82) is 0 Å². The zero-order valence-corrected chi connectivity index (χ0v) is 22.0. The van der Waals surface area contributed by atoms with E-state index in [-0.39, 0.29) is 17.5 Å². The minimum Gasteiger partial charge on any atom is -0.490 e. The number of benzene rings is 1. The molecule has 1 aliphatic carbocycles. The van der Waals surface area contributed by atoms with Gasteiger partial charge in [-0.2, -0.15) is 0 Å². The van der Waals surface area contributed by atoms with Gasteiger partial charge in [-0.05, 0) is 43.5 Å². The highest BCUT2D eigenvalue weighted by atomic mass is 16.5. The molecule has 4 heterocycles. The Bertz CT molecular complexity index is 1370. The van der Waals surface area contributed by atoms with Gasteiger partial charge in [-0.1, -0.05) is 12.5 Å². The van der Waals surface area contributed by atoms with Crippen LogP contribution < -0.4 is 10.4 Å². The number of ether oxygens (including phenoxy) is 1. The lowest BCUT2D eigenvalue weighted by molar-refractivity contribution is -0.121. The van der Waals surface area contributed by atoms with E-state index in [9.17, 15) is 9.59 Å². The second kappa shape index (κ2) is 9.61. The van der Waals surface area contributed by atoms with Crippen LogP contribution in [0.1, 0.15) is 24.8 Å². The normalized spacial score (nSPS) is 22.8. The summed E-state index contributed by atoms with van der Waals surface area (Å²) in [6, 6.07) is 4.06. The number of aryl methyl sites for hydroxylation is 1. The first-order valence-corrected chi connectivity index (χ1v) is 13.4. The van der Waals surface area contributed by atoms with Crippen LogP contribution in [-0.2, 0) is 18.4 Å². The SMILES string of the molecule is CN1CCN(CCn2c(=O)n(C)c3ccc(C4=CN(C)C(=O)C5=NC=CC45)c(OCC4CCC4)c32)CC1. The molecule has 0 N–H and O–H groups in total. The first-order valence-electron chi connectivity index (χ1n) is 13.4. The van der Waals surface area contributed by atoms with Gasteiger partial charge in [-0.3, -0.25) is 23.8 Å². The van der Waals surface area contributed by atoms with E-state index >= 15 is 0 Å². The van der Waals surface area contributed by atoms with E-state index in [1.807, 2.05) is 36.0 Å². The van der Waals surface area contributed by atoms with Crippen molar-refractivity contribution in [1.82, 2.24) is 23.8 Å². The van der Waals surface area contributed by atoms with Crippen LogP contribution in [0.5, 0.6) is 5.75 Å².